The van der Waals surface area contributed by atoms with Crippen LogP contribution in [0.5, 0.6) is 0 Å². The van der Waals surface area contributed by atoms with E-state index < -0.39 is 18.3 Å². The van der Waals surface area contributed by atoms with E-state index in [-0.39, 0.29) is 17.7 Å². The Kier molecular flexibility index (Phi) is 8.27. The number of likely N-dealkylation sites (tertiary alicyclic amines) is 1. The minimum atomic E-state index is -2.80. The first-order valence-electron chi connectivity index (χ1n) is 14.5. The Labute approximate surface area is 243 Å². The molecule has 1 amide bonds. The SMILES string of the molecule is C[C@H](Nc1nc(N2CCOCC2)cc(-n2c(C(F)F)nc3ccccc32)n1)C(=O)N1CCC(Cc2ccccc2)CC1. The number of benzene rings is 2. The molecule has 4 heterocycles. The van der Waals surface area contributed by atoms with Crippen LogP contribution in [0.25, 0.3) is 16.9 Å². The number of imidazole rings is 1. The summed E-state index contributed by atoms with van der Waals surface area (Å²) in [5, 5.41) is 3.18. The Morgan fingerprint density at radius 2 is 1.64 bits per heavy atom. The quantitative estimate of drug-likeness (QED) is 0.321. The van der Waals surface area contributed by atoms with Crippen LogP contribution < -0.4 is 10.2 Å². The molecule has 0 radical (unpaired) electrons. The van der Waals surface area contributed by atoms with Crippen molar-refractivity contribution in [1.29, 1.82) is 0 Å². The first-order chi connectivity index (χ1) is 20.5. The van der Waals surface area contributed by atoms with Gasteiger partial charge in [0.15, 0.2) is 5.82 Å². The fraction of sp³-hybridized carbons (Fsp3) is 0.419. The summed E-state index contributed by atoms with van der Waals surface area (Å²) in [6.45, 7) is 5.46. The average molecular weight is 576 g/mol. The van der Waals surface area contributed by atoms with Gasteiger partial charge in [-0.05, 0) is 49.8 Å². The highest BCUT2D eigenvalue weighted by Crippen LogP contribution is 2.29. The van der Waals surface area contributed by atoms with Crippen molar-refractivity contribution >= 4 is 28.7 Å². The van der Waals surface area contributed by atoms with Gasteiger partial charge in [0.1, 0.15) is 17.7 Å². The van der Waals surface area contributed by atoms with Crippen LogP contribution in [0.15, 0.2) is 60.7 Å². The lowest BCUT2D eigenvalue weighted by atomic mass is 9.90. The summed E-state index contributed by atoms with van der Waals surface area (Å²) >= 11 is 0. The van der Waals surface area contributed by atoms with E-state index in [1.807, 2.05) is 15.9 Å². The molecule has 1 N–H and O–H groups in total. The smallest absolute Gasteiger partial charge is 0.296 e. The number of carbonyl (C=O) groups excluding carboxylic acids is 1. The highest BCUT2D eigenvalue weighted by Gasteiger charge is 2.28. The van der Waals surface area contributed by atoms with Gasteiger partial charge in [-0.2, -0.15) is 9.97 Å². The molecule has 2 aliphatic rings. The number of carbonyl (C=O) groups is 1. The van der Waals surface area contributed by atoms with Crippen LogP contribution in [0.4, 0.5) is 20.5 Å². The number of amides is 1. The lowest BCUT2D eigenvalue weighted by Crippen LogP contribution is -2.45. The van der Waals surface area contributed by atoms with Gasteiger partial charge in [0.05, 0.1) is 24.2 Å². The van der Waals surface area contributed by atoms with Crippen molar-refractivity contribution in [2.24, 2.45) is 5.92 Å². The highest BCUT2D eigenvalue weighted by molar-refractivity contribution is 5.84. The minimum absolute atomic E-state index is 0.0311. The molecule has 0 spiro atoms. The maximum absolute atomic E-state index is 14.2. The standard InChI is InChI=1S/C31H35F2N7O2/c1-21(30(41)39-13-11-23(12-14-39)19-22-7-3-2-4-8-22)34-31-36-26(38-15-17-42-18-16-38)20-27(37-31)40-25-10-6-5-9-24(25)35-29(40)28(32)33/h2-10,20-21,23,28H,11-19H2,1H3,(H,34,36,37)/t21-/m0/s1. The number of alkyl halides is 2. The second kappa shape index (κ2) is 12.4. The van der Waals surface area contributed by atoms with E-state index in [1.54, 1.807) is 37.3 Å². The van der Waals surface area contributed by atoms with Gasteiger partial charge in [-0.3, -0.25) is 9.36 Å². The van der Waals surface area contributed by atoms with Crippen LogP contribution in [0.3, 0.4) is 0 Å². The van der Waals surface area contributed by atoms with E-state index in [4.69, 9.17) is 9.72 Å². The highest BCUT2D eigenvalue weighted by atomic mass is 19.3. The van der Waals surface area contributed by atoms with Gasteiger partial charge in [0.25, 0.3) is 6.43 Å². The summed E-state index contributed by atoms with van der Waals surface area (Å²) in [5.41, 5.74) is 2.30. The van der Waals surface area contributed by atoms with E-state index >= 15 is 0 Å². The molecule has 4 aromatic rings. The third-order valence-corrected chi connectivity index (χ3v) is 8.05. The van der Waals surface area contributed by atoms with E-state index in [2.05, 4.69) is 39.6 Å². The van der Waals surface area contributed by atoms with Gasteiger partial charge in [0.2, 0.25) is 11.9 Å². The molecule has 1 atom stereocenters. The number of para-hydroxylation sites is 2. The molecule has 0 saturated carbocycles. The molecule has 6 rings (SSSR count). The number of nitrogens with zero attached hydrogens (tertiary/aromatic N) is 6. The molecule has 11 heteroatoms. The number of fused-ring (bicyclic) bond motifs is 1. The normalized spacial score (nSPS) is 17.1. The maximum atomic E-state index is 14.2. The van der Waals surface area contributed by atoms with Crippen LogP contribution in [0.1, 0.15) is 37.6 Å². The van der Waals surface area contributed by atoms with Crippen molar-refractivity contribution < 1.29 is 18.3 Å². The summed E-state index contributed by atoms with van der Waals surface area (Å²) in [6, 6.07) is 18.5. The van der Waals surface area contributed by atoms with E-state index in [1.165, 1.54) is 10.1 Å². The summed E-state index contributed by atoms with van der Waals surface area (Å²) in [5.74, 6) is 1.16. The average Bonchev–Trinajstić information content (AvgIpc) is 3.42. The predicted molar refractivity (Wildman–Crippen MR) is 157 cm³/mol. The van der Waals surface area contributed by atoms with E-state index in [0.29, 0.717) is 62.2 Å². The number of aromatic nitrogens is 4. The molecule has 0 bridgehead atoms. The molecule has 2 aliphatic heterocycles. The van der Waals surface area contributed by atoms with Gasteiger partial charge in [0, 0.05) is 32.2 Å². The molecule has 9 nitrogen and oxygen atoms in total. The number of morpholine rings is 1. The van der Waals surface area contributed by atoms with Gasteiger partial charge < -0.3 is 19.9 Å². The summed E-state index contributed by atoms with van der Waals surface area (Å²) in [4.78, 5) is 30.9. The van der Waals surface area contributed by atoms with Crippen molar-refractivity contribution in [3.05, 3.63) is 72.1 Å². The molecule has 0 unspecified atom stereocenters. The number of hydrogen-bond acceptors (Lipinski definition) is 7. The zero-order valence-corrected chi connectivity index (χ0v) is 23.6. The first kappa shape index (κ1) is 28.0. The fourth-order valence-corrected chi connectivity index (χ4v) is 5.82. The number of hydrogen-bond donors (Lipinski definition) is 1. The molecule has 2 aromatic carbocycles. The molecular formula is C31H35F2N7O2. The number of rotatable bonds is 8. The van der Waals surface area contributed by atoms with Crippen molar-refractivity contribution in [2.45, 2.75) is 38.7 Å². The maximum Gasteiger partial charge on any atom is 0.296 e. The van der Waals surface area contributed by atoms with Gasteiger partial charge >= 0.3 is 0 Å². The summed E-state index contributed by atoms with van der Waals surface area (Å²) in [6.07, 6.45) is 0.112. The number of anilines is 2. The predicted octanol–water partition coefficient (Wildman–Crippen LogP) is 4.87. The minimum Gasteiger partial charge on any atom is -0.378 e. The van der Waals surface area contributed by atoms with Crippen molar-refractivity contribution in [3.63, 3.8) is 0 Å². The van der Waals surface area contributed by atoms with Crippen LogP contribution in [0.2, 0.25) is 0 Å². The van der Waals surface area contributed by atoms with Gasteiger partial charge in [-0.1, -0.05) is 42.5 Å². The topological polar surface area (TPSA) is 88.4 Å². The monoisotopic (exact) mass is 575 g/mol. The van der Waals surface area contributed by atoms with Crippen LogP contribution >= 0.6 is 0 Å². The van der Waals surface area contributed by atoms with Crippen molar-refractivity contribution in [1.82, 2.24) is 24.4 Å². The number of piperidine rings is 1. The molecular weight excluding hydrogens is 540 g/mol. The van der Waals surface area contributed by atoms with Gasteiger partial charge in [-0.25, -0.2) is 13.8 Å². The largest absolute Gasteiger partial charge is 0.378 e. The first-order valence-corrected chi connectivity index (χ1v) is 14.5. The molecule has 2 fully saturated rings. The van der Waals surface area contributed by atoms with Crippen molar-refractivity contribution in [3.8, 4) is 5.82 Å². The Morgan fingerprint density at radius 1 is 0.952 bits per heavy atom. The molecule has 2 aromatic heterocycles. The lowest BCUT2D eigenvalue weighted by Gasteiger charge is -2.34. The van der Waals surface area contributed by atoms with Crippen LogP contribution in [-0.2, 0) is 16.0 Å². The third kappa shape index (κ3) is 6.06. The Bertz CT molecular complexity index is 1520. The Hall–Kier alpha value is -4.12. The Morgan fingerprint density at radius 3 is 2.38 bits per heavy atom. The van der Waals surface area contributed by atoms with E-state index in [0.717, 1.165) is 19.3 Å². The fourth-order valence-electron chi connectivity index (χ4n) is 5.82. The van der Waals surface area contributed by atoms with E-state index in [9.17, 15) is 13.6 Å². The Balaban J connectivity index is 1.23. The number of ether oxygens (including phenoxy) is 1. The zero-order valence-electron chi connectivity index (χ0n) is 23.6. The summed E-state index contributed by atoms with van der Waals surface area (Å²) in [7, 11) is 0. The molecule has 42 heavy (non-hydrogen) atoms. The lowest BCUT2D eigenvalue weighted by molar-refractivity contribution is -0.133. The number of halogens is 2. The molecule has 220 valence electrons. The second-order valence-corrected chi connectivity index (χ2v) is 10.9. The third-order valence-electron chi connectivity index (χ3n) is 8.05. The summed E-state index contributed by atoms with van der Waals surface area (Å²) < 4.78 is 35.2. The van der Waals surface area contributed by atoms with Crippen molar-refractivity contribution in [2.75, 3.05) is 49.6 Å². The second-order valence-electron chi connectivity index (χ2n) is 10.9. The molecule has 0 aliphatic carbocycles. The molecule has 2 saturated heterocycles. The zero-order chi connectivity index (χ0) is 29.1. The van der Waals surface area contributed by atoms with Crippen LogP contribution in [-0.4, -0.2) is 75.8 Å². The van der Waals surface area contributed by atoms with Crippen LogP contribution in [0, 0.1) is 5.92 Å². The van der Waals surface area contributed by atoms with Gasteiger partial charge in [-0.15, -0.1) is 0 Å². The number of nitrogens with one attached hydrogen (secondary N) is 1.